The molecule has 0 atom stereocenters. The van der Waals surface area contributed by atoms with E-state index in [9.17, 15) is 4.79 Å². The Kier molecular flexibility index (Phi) is 3.24. The number of anilines is 1. The first kappa shape index (κ1) is 11.1. The van der Waals surface area contributed by atoms with Crippen LogP contribution in [-0.2, 0) is 4.79 Å². The van der Waals surface area contributed by atoms with E-state index in [4.69, 9.17) is 11.6 Å². The van der Waals surface area contributed by atoms with E-state index in [-0.39, 0.29) is 5.91 Å². The van der Waals surface area contributed by atoms with Gasteiger partial charge in [0.25, 0.3) is 0 Å². The topological polar surface area (TPSA) is 58.1 Å². The molecule has 0 unspecified atom stereocenters. The van der Waals surface area contributed by atoms with Crippen molar-refractivity contribution in [2.24, 2.45) is 0 Å². The van der Waals surface area contributed by atoms with Crippen LogP contribution in [0.3, 0.4) is 0 Å². The molecule has 1 amide bonds. The fraction of sp³-hybridized carbons (Fsp3) is 0.500. The number of nitrogens with one attached hydrogen (secondary N) is 1. The van der Waals surface area contributed by atoms with Crippen LogP contribution < -0.4 is 10.2 Å². The van der Waals surface area contributed by atoms with Gasteiger partial charge in [0.15, 0.2) is 0 Å². The number of hydrogen-bond acceptors (Lipinski definition) is 4. The Labute approximate surface area is 98.8 Å². The highest BCUT2D eigenvalue weighted by Crippen LogP contribution is 2.16. The van der Waals surface area contributed by atoms with Gasteiger partial charge in [-0.15, -0.1) is 0 Å². The fourth-order valence-electron chi connectivity index (χ4n) is 1.68. The van der Waals surface area contributed by atoms with Crippen molar-refractivity contribution in [3.63, 3.8) is 0 Å². The molecule has 1 saturated heterocycles. The zero-order valence-corrected chi connectivity index (χ0v) is 9.79. The van der Waals surface area contributed by atoms with Gasteiger partial charge in [0, 0.05) is 19.2 Å². The van der Waals surface area contributed by atoms with Crippen molar-refractivity contribution in [3.8, 4) is 0 Å². The molecule has 0 aromatic carbocycles. The van der Waals surface area contributed by atoms with Crippen LogP contribution in [-0.4, -0.2) is 35.5 Å². The monoisotopic (exact) mass is 240 g/mol. The molecule has 0 spiro atoms. The van der Waals surface area contributed by atoms with E-state index in [0.29, 0.717) is 24.1 Å². The molecule has 1 N–H and O–H groups in total. The van der Waals surface area contributed by atoms with Crippen molar-refractivity contribution >= 4 is 23.3 Å². The summed E-state index contributed by atoms with van der Waals surface area (Å²) in [6.07, 6.45) is 0.909. The van der Waals surface area contributed by atoms with E-state index in [2.05, 4.69) is 15.3 Å². The van der Waals surface area contributed by atoms with Gasteiger partial charge in [0.2, 0.25) is 5.91 Å². The van der Waals surface area contributed by atoms with E-state index in [1.165, 1.54) is 0 Å². The fourth-order valence-corrected chi connectivity index (χ4v) is 1.90. The molecule has 6 heteroatoms. The lowest BCUT2D eigenvalue weighted by Gasteiger charge is -2.20. The summed E-state index contributed by atoms with van der Waals surface area (Å²) in [6.45, 7) is 3.62. The van der Waals surface area contributed by atoms with E-state index < -0.39 is 0 Å². The maximum Gasteiger partial charge on any atom is 0.239 e. The summed E-state index contributed by atoms with van der Waals surface area (Å²) in [6, 6.07) is 1.69. The van der Waals surface area contributed by atoms with Crippen molar-refractivity contribution in [1.29, 1.82) is 0 Å². The Balaban J connectivity index is 2.24. The van der Waals surface area contributed by atoms with Crippen LogP contribution in [0.25, 0.3) is 0 Å². The molecular weight excluding hydrogens is 228 g/mol. The first-order valence-electron chi connectivity index (χ1n) is 5.18. The second kappa shape index (κ2) is 4.65. The molecule has 0 aliphatic carbocycles. The van der Waals surface area contributed by atoms with E-state index >= 15 is 0 Å². The highest BCUT2D eigenvalue weighted by Gasteiger charge is 2.16. The Bertz CT molecular complexity index is 390. The molecule has 2 rings (SSSR count). The van der Waals surface area contributed by atoms with Crippen LogP contribution in [0.5, 0.6) is 0 Å². The molecule has 0 saturated carbocycles. The number of carbonyl (C=O) groups is 1. The molecule has 5 nitrogen and oxygen atoms in total. The van der Waals surface area contributed by atoms with E-state index in [1.54, 1.807) is 13.0 Å². The first-order valence-corrected chi connectivity index (χ1v) is 5.56. The summed E-state index contributed by atoms with van der Waals surface area (Å²) in [4.78, 5) is 21.6. The summed E-state index contributed by atoms with van der Waals surface area (Å²) >= 11 is 5.87. The third kappa shape index (κ3) is 2.61. The molecule has 1 aromatic rings. The number of rotatable bonds is 1. The van der Waals surface area contributed by atoms with E-state index in [0.717, 1.165) is 18.8 Å². The highest BCUT2D eigenvalue weighted by molar-refractivity contribution is 6.29. The molecule has 1 aromatic heterocycles. The quantitative estimate of drug-likeness (QED) is 0.737. The molecule has 1 aliphatic heterocycles. The van der Waals surface area contributed by atoms with Gasteiger partial charge < -0.3 is 10.2 Å². The predicted octanol–water partition coefficient (Wildman–Crippen LogP) is 0.765. The number of halogens is 1. The number of aromatic nitrogens is 2. The molecule has 1 aliphatic rings. The Morgan fingerprint density at radius 1 is 1.50 bits per heavy atom. The highest BCUT2D eigenvalue weighted by atomic mass is 35.5. The summed E-state index contributed by atoms with van der Waals surface area (Å²) < 4.78 is 0. The zero-order valence-electron chi connectivity index (χ0n) is 9.03. The molecule has 86 valence electrons. The smallest absolute Gasteiger partial charge is 0.239 e. The third-order valence-corrected chi connectivity index (χ3v) is 2.57. The van der Waals surface area contributed by atoms with Crippen molar-refractivity contribution in [1.82, 2.24) is 15.3 Å². The van der Waals surface area contributed by atoms with Crippen LogP contribution >= 0.6 is 11.6 Å². The Hall–Kier alpha value is -1.36. The standard InChI is InChI=1S/C10H13ClN4O/c1-7-13-8(11)5-9(14-7)15-4-2-3-12-10(16)6-15/h5H,2-4,6H2,1H3,(H,12,16). The number of hydrogen-bond donors (Lipinski definition) is 1. The minimum Gasteiger partial charge on any atom is -0.354 e. The molecule has 0 bridgehead atoms. The summed E-state index contributed by atoms with van der Waals surface area (Å²) in [7, 11) is 0. The third-order valence-electron chi connectivity index (χ3n) is 2.38. The Morgan fingerprint density at radius 2 is 2.31 bits per heavy atom. The predicted molar refractivity (Wildman–Crippen MR) is 61.6 cm³/mol. The van der Waals surface area contributed by atoms with Crippen LogP contribution in [0, 0.1) is 6.92 Å². The van der Waals surface area contributed by atoms with Crippen molar-refractivity contribution < 1.29 is 4.79 Å². The van der Waals surface area contributed by atoms with Gasteiger partial charge in [-0.2, -0.15) is 0 Å². The summed E-state index contributed by atoms with van der Waals surface area (Å²) in [5, 5.41) is 3.23. The minimum absolute atomic E-state index is 0.0184. The summed E-state index contributed by atoms with van der Waals surface area (Å²) in [5.41, 5.74) is 0. The maximum atomic E-state index is 11.4. The molecule has 2 heterocycles. The van der Waals surface area contributed by atoms with E-state index in [1.807, 2.05) is 4.90 Å². The van der Waals surface area contributed by atoms with Crippen molar-refractivity contribution in [2.45, 2.75) is 13.3 Å². The Morgan fingerprint density at radius 3 is 3.06 bits per heavy atom. The lowest BCUT2D eigenvalue weighted by Crippen LogP contribution is -2.33. The molecule has 1 fully saturated rings. The van der Waals surface area contributed by atoms with Gasteiger partial charge in [0.05, 0.1) is 6.54 Å². The van der Waals surface area contributed by atoms with Gasteiger partial charge in [-0.25, -0.2) is 9.97 Å². The van der Waals surface area contributed by atoms with Crippen LogP contribution in [0.2, 0.25) is 5.15 Å². The van der Waals surface area contributed by atoms with Gasteiger partial charge >= 0.3 is 0 Å². The van der Waals surface area contributed by atoms with Gasteiger partial charge in [-0.1, -0.05) is 11.6 Å². The van der Waals surface area contributed by atoms with Gasteiger partial charge in [-0.05, 0) is 13.3 Å². The van der Waals surface area contributed by atoms with Crippen LogP contribution in [0.1, 0.15) is 12.2 Å². The van der Waals surface area contributed by atoms with Crippen LogP contribution in [0.15, 0.2) is 6.07 Å². The zero-order chi connectivity index (χ0) is 11.5. The lowest BCUT2D eigenvalue weighted by molar-refractivity contribution is -0.119. The first-order chi connectivity index (χ1) is 7.65. The normalized spacial score (nSPS) is 16.9. The molecular formula is C10H13ClN4O. The average Bonchev–Trinajstić information content (AvgIpc) is 2.41. The number of aryl methyl sites for hydroxylation is 1. The average molecular weight is 241 g/mol. The maximum absolute atomic E-state index is 11.4. The van der Waals surface area contributed by atoms with Crippen LogP contribution in [0.4, 0.5) is 5.82 Å². The van der Waals surface area contributed by atoms with Gasteiger partial charge in [0.1, 0.15) is 16.8 Å². The number of amides is 1. The molecule has 0 radical (unpaired) electrons. The second-order valence-electron chi connectivity index (χ2n) is 3.72. The SMILES string of the molecule is Cc1nc(Cl)cc(N2CCCNC(=O)C2)n1. The molecule has 16 heavy (non-hydrogen) atoms. The van der Waals surface area contributed by atoms with Crippen molar-refractivity contribution in [2.75, 3.05) is 24.5 Å². The number of nitrogens with zero attached hydrogens (tertiary/aromatic N) is 3. The number of carbonyl (C=O) groups excluding carboxylic acids is 1. The summed E-state index contributed by atoms with van der Waals surface area (Å²) in [5.74, 6) is 1.35. The minimum atomic E-state index is 0.0184. The van der Waals surface area contributed by atoms with Gasteiger partial charge in [-0.3, -0.25) is 4.79 Å². The second-order valence-corrected chi connectivity index (χ2v) is 4.11. The van der Waals surface area contributed by atoms with Crippen molar-refractivity contribution in [3.05, 3.63) is 17.0 Å². The lowest BCUT2D eigenvalue weighted by atomic mass is 10.4. The largest absolute Gasteiger partial charge is 0.354 e.